The van der Waals surface area contributed by atoms with Crippen molar-refractivity contribution in [2.45, 2.75) is 56.9 Å². The third kappa shape index (κ3) is 3.55. The maximum absolute atomic E-state index is 12.4. The van der Waals surface area contributed by atoms with Gasteiger partial charge in [0, 0.05) is 7.11 Å². The van der Waals surface area contributed by atoms with E-state index in [1.807, 2.05) is 0 Å². The maximum atomic E-state index is 12.4. The van der Waals surface area contributed by atoms with E-state index in [0.29, 0.717) is 11.3 Å². The van der Waals surface area contributed by atoms with Gasteiger partial charge in [-0.15, -0.1) is 0 Å². The van der Waals surface area contributed by atoms with E-state index in [1.165, 1.54) is 0 Å². The monoisotopic (exact) mass is 336 g/mol. The van der Waals surface area contributed by atoms with Crippen LogP contribution in [0, 0.1) is 0 Å². The first-order valence-corrected chi connectivity index (χ1v) is 8.36. The Morgan fingerprint density at radius 2 is 1.88 bits per heavy atom. The summed E-state index contributed by atoms with van der Waals surface area (Å²) in [6, 6.07) is 6.85. The normalized spacial score (nSPS) is 31.2. The minimum Gasteiger partial charge on any atom is -0.497 e. The lowest BCUT2D eigenvalue weighted by Gasteiger charge is -2.32. The van der Waals surface area contributed by atoms with Crippen LogP contribution in [0.15, 0.2) is 24.3 Å². The Morgan fingerprint density at radius 3 is 2.50 bits per heavy atom. The second-order valence-corrected chi connectivity index (χ2v) is 6.08. The summed E-state index contributed by atoms with van der Waals surface area (Å²) < 4.78 is 27.7. The number of rotatable bonds is 7. The average molecular weight is 336 g/mol. The predicted octanol–water partition coefficient (Wildman–Crippen LogP) is 2.55. The van der Waals surface area contributed by atoms with Crippen molar-refractivity contribution >= 4 is 5.97 Å². The van der Waals surface area contributed by atoms with Gasteiger partial charge in [-0.1, -0.05) is 19.8 Å². The van der Waals surface area contributed by atoms with E-state index in [0.717, 1.165) is 19.3 Å². The Hall–Kier alpha value is -1.63. The topological polar surface area (TPSA) is 66.5 Å². The van der Waals surface area contributed by atoms with Crippen molar-refractivity contribution in [2.75, 3.05) is 14.2 Å². The maximum Gasteiger partial charge on any atom is 0.338 e. The number of carbonyl (C=O) groups excluding carboxylic acids is 1. The van der Waals surface area contributed by atoms with E-state index < -0.39 is 6.10 Å². The zero-order valence-corrected chi connectivity index (χ0v) is 14.3. The Morgan fingerprint density at radius 1 is 1.12 bits per heavy atom. The largest absolute Gasteiger partial charge is 0.497 e. The lowest BCUT2D eigenvalue weighted by atomic mass is 9.99. The summed E-state index contributed by atoms with van der Waals surface area (Å²) in [6.07, 6.45) is 1.56. The summed E-state index contributed by atoms with van der Waals surface area (Å²) >= 11 is 0. The number of methoxy groups -OCH3 is 2. The summed E-state index contributed by atoms with van der Waals surface area (Å²) in [5.41, 5.74) is 0.483. The highest BCUT2D eigenvalue weighted by molar-refractivity contribution is 5.89. The molecule has 2 aliphatic heterocycles. The number of fused-ring (bicyclic) bond motifs is 1. The predicted molar refractivity (Wildman–Crippen MR) is 86.1 cm³/mol. The summed E-state index contributed by atoms with van der Waals surface area (Å²) in [6.45, 7) is 2.12. The minimum atomic E-state index is -0.400. The third-order valence-electron chi connectivity index (χ3n) is 4.47. The van der Waals surface area contributed by atoms with E-state index in [9.17, 15) is 4.79 Å². The SMILES string of the molecule is CCCC[C@@H]1O[C@H](OC)[C@@H]2O[C@@H]2[C@H]1OC(=O)c1ccc(OC)cc1. The van der Waals surface area contributed by atoms with Gasteiger partial charge in [0.25, 0.3) is 0 Å². The summed E-state index contributed by atoms with van der Waals surface area (Å²) in [5, 5.41) is 0. The van der Waals surface area contributed by atoms with Crippen molar-refractivity contribution in [3.05, 3.63) is 29.8 Å². The zero-order chi connectivity index (χ0) is 17.1. The molecule has 2 aliphatic rings. The Bertz CT molecular complexity index is 557. The van der Waals surface area contributed by atoms with Crippen LogP contribution in [0.4, 0.5) is 0 Å². The first-order chi connectivity index (χ1) is 11.7. The highest BCUT2D eigenvalue weighted by atomic mass is 16.7. The molecule has 3 rings (SSSR count). The first-order valence-electron chi connectivity index (χ1n) is 8.36. The molecule has 0 aromatic heterocycles. The van der Waals surface area contributed by atoms with Crippen LogP contribution in [0.5, 0.6) is 5.75 Å². The molecular formula is C18H24O6. The minimum absolute atomic E-state index is 0.146. The van der Waals surface area contributed by atoms with Gasteiger partial charge in [-0.25, -0.2) is 4.79 Å². The molecule has 132 valence electrons. The van der Waals surface area contributed by atoms with Crippen LogP contribution < -0.4 is 4.74 Å². The van der Waals surface area contributed by atoms with E-state index in [1.54, 1.807) is 38.5 Å². The van der Waals surface area contributed by atoms with Crippen LogP contribution in [-0.2, 0) is 18.9 Å². The molecular weight excluding hydrogens is 312 g/mol. The van der Waals surface area contributed by atoms with Crippen molar-refractivity contribution < 1.29 is 28.5 Å². The van der Waals surface area contributed by atoms with Crippen LogP contribution in [-0.4, -0.2) is 50.9 Å². The molecule has 0 amide bonds. The second-order valence-electron chi connectivity index (χ2n) is 6.08. The second kappa shape index (κ2) is 7.51. The molecule has 6 heteroatoms. The van der Waals surface area contributed by atoms with Gasteiger partial charge < -0.3 is 23.7 Å². The van der Waals surface area contributed by atoms with Crippen molar-refractivity contribution in [1.82, 2.24) is 0 Å². The van der Waals surface area contributed by atoms with Crippen molar-refractivity contribution in [2.24, 2.45) is 0 Å². The van der Waals surface area contributed by atoms with Crippen molar-refractivity contribution in [3.8, 4) is 5.75 Å². The molecule has 0 aliphatic carbocycles. The van der Waals surface area contributed by atoms with Gasteiger partial charge in [-0.3, -0.25) is 0 Å². The Kier molecular flexibility index (Phi) is 5.38. The van der Waals surface area contributed by atoms with Crippen LogP contribution >= 0.6 is 0 Å². The van der Waals surface area contributed by atoms with E-state index >= 15 is 0 Å². The van der Waals surface area contributed by atoms with Crippen molar-refractivity contribution in [3.63, 3.8) is 0 Å². The van der Waals surface area contributed by atoms with Gasteiger partial charge in [0.2, 0.25) is 0 Å². The molecule has 0 spiro atoms. The molecule has 1 aromatic rings. The molecule has 5 atom stereocenters. The van der Waals surface area contributed by atoms with Gasteiger partial charge in [0.1, 0.15) is 24.1 Å². The fraction of sp³-hybridized carbons (Fsp3) is 0.611. The summed E-state index contributed by atoms with van der Waals surface area (Å²) in [4.78, 5) is 12.4. The molecule has 1 aromatic carbocycles. The number of hydrogen-bond acceptors (Lipinski definition) is 6. The number of hydrogen-bond donors (Lipinski definition) is 0. The van der Waals surface area contributed by atoms with Gasteiger partial charge >= 0.3 is 5.97 Å². The van der Waals surface area contributed by atoms with Crippen molar-refractivity contribution in [1.29, 1.82) is 0 Å². The molecule has 0 saturated carbocycles. The zero-order valence-electron chi connectivity index (χ0n) is 14.3. The molecule has 24 heavy (non-hydrogen) atoms. The summed E-state index contributed by atoms with van der Waals surface area (Å²) in [7, 11) is 3.19. The fourth-order valence-electron chi connectivity index (χ4n) is 3.05. The molecule has 2 heterocycles. The molecule has 0 N–H and O–H groups in total. The quantitative estimate of drug-likeness (QED) is 0.563. The van der Waals surface area contributed by atoms with Gasteiger partial charge in [0.15, 0.2) is 12.4 Å². The molecule has 0 unspecified atom stereocenters. The molecule has 6 nitrogen and oxygen atoms in total. The fourth-order valence-corrected chi connectivity index (χ4v) is 3.05. The van der Waals surface area contributed by atoms with Gasteiger partial charge in [-0.2, -0.15) is 0 Å². The van der Waals surface area contributed by atoms with E-state index in [2.05, 4.69) is 6.92 Å². The molecule has 2 saturated heterocycles. The number of esters is 1. The number of unbranched alkanes of at least 4 members (excludes halogenated alkanes) is 1. The Balaban J connectivity index is 1.67. The van der Waals surface area contributed by atoms with Gasteiger partial charge in [0.05, 0.1) is 12.7 Å². The van der Waals surface area contributed by atoms with E-state index in [-0.39, 0.29) is 30.6 Å². The average Bonchev–Trinajstić information content (AvgIpc) is 3.41. The number of carbonyl (C=O) groups is 1. The Labute approximate surface area is 142 Å². The summed E-state index contributed by atoms with van der Waals surface area (Å²) in [5.74, 6) is 0.319. The highest BCUT2D eigenvalue weighted by Gasteiger charge is 2.59. The molecule has 2 fully saturated rings. The van der Waals surface area contributed by atoms with Crippen LogP contribution in [0.1, 0.15) is 36.5 Å². The first kappa shape index (κ1) is 17.2. The van der Waals surface area contributed by atoms with E-state index in [4.69, 9.17) is 23.7 Å². The van der Waals surface area contributed by atoms with Crippen LogP contribution in [0.3, 0.4) is 0 Å². The lowest BCUT2D eigenvalue weighted by Crippen LogP contribution is -2.47. The standard InChI is InChI=1S/C18H24O6/c1-4-5-6-13-14(15-16(23-15)18(21-3)22-13)24-17(19)11-7-9-12(20-2)10-8-11/h7-10,13-16,18H,4-6H2,1-3H3/t13-,14-,15+,16+,18-/m0/s1. The highest BCUT2D eigenvalue weighted by Crippen LogP contribution is 2.40. The van der Waals surface area contributed by atoms with Crippen LogP contribution in [0.25, 0.3) is 0 Å². The smallest absolute Gasteiger partial charge is 0.338 e. The number of ether oxygens (including phenoxy) is 5. The number of epoxide rings is 1. The molecule has 0 radical (unpaired) electrons. The van der Waals surface area contributed by atoms with Gasteiger partial charge in [-0.05, 0) is 30.7 Å². The third-order valence-corrected chi connectivity index (χ3v) is 4.47. The molecule has 0 bridgehead atoms. The van der Waals surface area contributed by atoms with Crippen LogP contribution in [0.2, 0.25) is 0 Å². The number of benzene rings is 1. The lowest BCUT2D eigenvalue weighted by molar-refractivity contribution is -0.201.